The molecule has 0 aliphatic carbocycles. The second-order valence-electron chi connectivity index (χ2n) is 6.01. The summed E-state index contributed by atoms with van der Waals surface area (Å²) in [4.78, 5) is 4.08. The lowest BCUT2D eigenvalue weighted by molar-refractivity contribution is -0.153. The highest BCUT2D eigenvalue weighted by Gasteiger charge is 2.28. The fourth-order valence-corrected chi connectivity index (χ4v) is 3.23. The highest BCUT2D eigenvalue weighted by molar-refractivity contribution is 7.88. The zero-order chi connectivity index (χ0) is 21.2. The molecule has 0 amide bonds. The SMILES string of the molecule is CCN(CCCNC(=NC)NCc1ccc(OCC(F)(F)F)cc1)S(C)(=O)=O. The quantitative estimate of drug-likeness (QED) is 0.341. The summed E-state index contributed by atoms with van der Waals surface area (Å²) in [5.74, 6) is 0.690. The van der Waals surface area contributed by atoms with Crippen molar-refractivity contribution in [1.29, 1.82) is 0 Å². The van der Waals surface area contributed by atoms with Gasteiger partial charge in [-0.3, -0.25) is 4.99 Å². The molecule has 0 radical (unpaired) electrons. The second-order valence-corrected chi connectivity index (χ2v) is 7.99. The van der Waals surface area contributed by atoms with Crippen LogP contribution in [0.25, 0.3) is 0 Å². The summed E-state index contributed by atoms with van der Waals surface area (Å²) in [6.07, 6.45) is -2.56. The summed E-state index contributed by atoms with van der Waals surface area (Å²) in [5, 5.41) is 6.17. The topological polar surface area (TPSA) is 83.0 Å². The molecule has 0 aromatic heterocycles. The van der Waals surface area contributed by atoms with Gasteiger partial charge in [-0.2, -0.15) is 13.2 Å². The van der Waals surface area contributed by atoms with Crippen LogP contribution in [0, 0.1) is 0 Å². The van der Waals surface area contributed by atoms with E-state index >= 15 is 0 Å². The molecule has 1 aromatic carbocycles. The Morgan fingerprint density at radius 2 is 1.86 bits per heavy atom. The zero-order valence-electron chi connectivity index (χ0n) is 16.2. The Labute approximate surface area is 164 Å². The molecule has 0 unspecified atom stereocenters. The van der Waals surface area contributed by atoms with Crippen molar-refractivity contribution in [2.45, 2.75) is 26.1 Å². The van der Waals surface area contributed by atoms with Gasteiger partial charge in [0, 0.05) is 33.2 Å². The largest absolute Gasteiger partial charge is 0.484 e. The molecule has 0 atom stereocenters. The maximum absolute atomic E-state index is 12.1. The van der Waals surface area contributed by atoms with Crippen molar-refractivity contribution in [2.24, 2.45) is 4.99 Å². The van der Waals surface area contributed by atoms with Crippen molar-refractivity contribution in [1.82, 2.24) is 14.9 Å². The van der Waals surface area contributed by atoms with Crippen LogP contribution < -0.4 is 15.4 Å². The zero-order valence-corrected chi connectivity index (χ0v) is 17.0. The van der Waals surface area contributed by atoms with Gasteiger partial charge in [-0.15, -0.1) is 0 Å². The minimum Gasteiger partial charge on any atom is -0.484 e. The van der Waals surface area contributed by atoms with Crippen LogP contribution in [0.15, 0.2) is 29.3 Å². The predicted molar refractivity (Wildman–Crippen MR) is 103 cm³/mol. The Morgan fingerprint density at radius 1 is 1.21 bits per heavy atom. The molecule has 0 heterocycles. The predicted octanol–water partition coefficient (Wildman–Crippen LogP) is 1.96. The number of halogens is 3. The van der Waals surface area contributed by atoms with Gasteiger partial charge in [0.25, 0.3) is 0 Å². The van der Waals surface area contributed by atoms with E-state index in [0.29, 0.717) is 38.6 Å². The average Bonchev–Trinajstić information content (AvgIpc) is 2.61. The Morgan fingerprint density at radius 3 is 2.36 bits per heavy atom. The van der Waals surface area contributed by atoms with Gasteiger partial charge in [0.05, 0.1) is 6.26 Å². The third kappa shape index (κ3) is 9.79. The summed E-state index contributed by atoms with van der Waals surface area (Å²) < 4.78 is 65.5. The van der Waals surface area contributed by atoms with Crippen LogP contribution in [0.3, 0.4) is 0 Å². The average molecular weight is 424 g/mol. The smallest absolute Gasteiger partial charge is 0.422 e. The van der Waals surface area contributed by atoms with E-state index in [9.17, 15) is 21.6 Å². The number of nitrogens with zero attached hydrogens (tertiary/aromatic N) is 2. The van der Waals surface area contributed by atoms with Crippen molar-refractivity contribution >= 4 is 16.0 Å². The Kier molecular flexibility index (Phi) is 9.53. The summed E-state index contributed by atoms with van der Waals surface area (Å²) in [6, 6.07) is 6.28. The van der Waals surface area contributed by atoms with Gasteiger partial charge in [0.2, 0.25) is 10.0 Å². The van der Waals surface area contributed by atoms with E-state index in [0.717, 1.165) is 5.56 Å². The molecule has 0 aliphatic rings. The van der Waals surface area contributed by atoms with Crippen molar-refractivity contribution in [3.05, 3.63) is 29.8 Å². The molecular formula is C17H27F3N4O3S. The third-order valence-corrected chi connectivity index (χ3v) is 5.09. The lowest BCUT2D eigenvalue weighted by Crippen LogP contribution is -2.39. The van der Waals surface area contributed by atoms with Crippen LogP contribution in [-0.2, 0) is 16.6 Å². The molecule has 0 fully saturated rings. The lowest BCUT2D eigenvalue weighted by Gasteiger charge is -2.18. The Bertz CT molecular complexity index is 722. The summed E-state index contributed by atoms with van der Waals surface area (Å²) in [6.45, 7) is 2.26. The first-order valence-corrected chi connectivity index (χ1v) is 10.6. The first-order chi connectivity index (χ1) is 13.0. The van der Waals surface area contributed by atoms with Crippen LogP contribution in [0.2, 0.25) is 0 Å². The molecule has 28 heavy (non-hydrogen) atoms. The molecule has 7 nitrogen and oxygen atoms in total. The molecule has 1 rings (SSSR count). The maximum Gasteiger partial charge on any atom is 0.422 e. The van der Waals surface area contributed by atoms with Crippen LogP contribution >= 0.6 is 0 Å². The molecule has 0 spiro atoms. The van der Waals surface area contributed by atoms with Crippen molar-refractivity contribution in [2.75, 3.05) is 39.5 Å². The molecule has 0 saturated carbocycles. The molecule has 0 aliphatic heterocycles. The monoisotopic (exact) mass is 424 g/mol. The number of hydrogen-bond acceptors (Lipinski definition) is 4. The van der Waals surface area contributed by atoms with Gasteiger partial charge < -0.3 is 15.4 Å². The van der Waals surface area contributed by atoms with Crippen LogP contribution in [-0.4, -0.2) is 64.4 Å². The van der Waals surface area contributed by atoms with E-state index < -0.39 is 22.8 Å². The fraction of sp³-hybridized carbons (Fsp3) is 0.588. The van der Waals surface area contributed by atoms with E-state index in [-0.39, 0.29) is 5.75 Å². The maximum atomic E-state index is 12.1. The number of guanidine groups is 1. The summed E-state index contributed by atoms with van der Waals surface area (Å²) in [7, 11) is -1.59. The van der Waals surface area contributed by atoms with Crippen LogP contribution in [0.5, 0.6) is 5.75 Å². The fourth-order valence-electron chi connectivity index (χ4n) is 2.30. The van der Waals surface area contributed by atoms with Gasteiger partial charge >= 0.3 is 6.18 Å². The van der Waals surface area contributed by atoms with Gasteiger partial charge in [-0.05, 0) is 24.1 Å². The second kappa shape index (κ2) is 11.1. The molecule has 1 aromatic rings. The molecule has 0 bridgehead atoms. The number of ether oxygens (including phenoxy) is 1. The van der Waals surface area contributed by atoms with E-state index in [1.54, 1.807) is 26.1 Å². The normalized spacial score (nSPS) is 12.9. The van der Waals surface area contributed by atoms with Crippen molar-refractivity contribution in [3.63, 3.8) is 0 Å². The number of alkyl halides is 3. The van der Waals surface area contributed by atoms with Crippen molar-refractivity contribution < 1.29 is 26.3 Å². The van der Waals surface area contributed by atoms with Crippen molar-refractivity contribution in [3.8, 4) is 5.75 Å². The van der Waals surface area contributed by atoms with Gasteiger partial charge in [-0.1, -0.05) is 19.1 Å². The summed E-state index contributed by atoms with van der Waals surface area (Å²) in [5.41, 5.74) is 0.844. The van der Waals surface area contributed by atoms with E-state index in [4.69, 9.17) is 0 Å². The minimum atomic E-state index is -4.37. The Hall–Kier alpha value is -2.01. The number of benzene rings is 1. The first-order valence-electron chi connectivity index (χ1n) is 8.73. The minimum absolute atomic E-state index is 0.148. The number of aliphatic imine (C=N–C) groups is 1. The van der Waals surface area contributed by atoms with Gasteiger partial charge in [0.15, 0.2) is 12.6 Å². The molecular weight excluding hydrogens is 397 g/mol. The molecule has 160 valence electrons. The number of rotatable bonds is 10. The standard InChI is InChI=1S/C17H27F3N4O3S/c1-4-24(28(3,25)26)11-5-10-22-16(21-2)23-12-14-6-8-15(9-7-14)27-13-17(18,19)20/h6-9H,4-5,10-13H2,1-3H3,(H2,21,22,23). The Balaban J connectivity index is 2.38. The summed E-state index contributed by atoms with van der Waals surface area (Å²) >= 11 is 0. The van der Waals surface area contributed by atoms with Gasteiger partial charge in [-0.25, -0.2) is 12.7 Å². The van der Waals surface area contributed by atoms with E-state index in [1.807, 2.05) is 0 Å². The number of sulfonamides is 1. The van der Waals surface area contributed by atoms with E-state index in [2.05, 4.69) is 20.4 Å². The molecule has 0 saturated heterocycles. The van der Waals surface area contributed by atoms with E-state index in [1.165, 1.54) is 22.7 Å². The van der Waals surface area contributed by atoms with Crippen LogP contribution in [0.4, 0.5) is 13.2 Å². The molecule has 11 heteroatoms. The highest BCUT2D eigenvalue weighted by Crippen LogP contribution is 2.18. The number of hydrogen-bond donors (Lipinski definition) is 2. The first kappa shape index (κ1) is 24.0. The lowest BCUT2D eigenvalue weighted by atomic mass is 10.2. The number of nitrogens with one attached hydrogen (secondary N) is 2. The highest BCUT2D eigenvalue weighted by atomic mass is 32.2. The third-order valence-electron chi connectivity index (χ3n) is 3.71. The van der Waals surface area contributed by atoms with Crippen LogP contribution in [0.1, 0.15) is 18.9 Å². The van der Waals surface area contributed by atoms with Gasteiger partial charge in [0.1, 0.15) is 5.75 Å². The molecule has 2 N–H and O–H groups in total.